The van der Waals surface area contributed by atoms with Crippen LogP contribution in [0.25, 0.3) is 0 Å². The predicted octanol–water partition coefficient (Wildman–Crippen LogP) is 5.59. The summed E-state index contributed by atoms with van der Waals surface area (Å²) >= 11 is 0. The van der Waals surface area contributed by atoms with Crippen molar-refractivity contribution in [2.75, 3.05) is 19.6 Å². The number of benzene rings is 1. The van der Waals surface area contributed by atoms with Gasteiger partial charge in [-0.25, -0.2) is 14.6 Å². The number of ether oxygens (including phenoxy) is 2. The third kappa shape index (κ3) is 18.6. The molecule has 334 valence electrons. The lowest BCUT2D eigenvalue weighted by molar-refractivity contribution is -0.133. The molecule has 0 spiro atoms. The molecule has 0 saturated heterocycles. The summed E-state index contributed by atoms with van der Waals surface area (Å²) in [7, 11) is 0. The molecule has 1 aliphatic carbocycles. The quantitative estimate of drug-likeness (QED) is 0.0867. The monoisotopic (exact) mass is 838 g/mol. The van der Waals surface area contributed by atoms with Gasteiger partial charge in [0.05, 0.1) is 18.5 Å². The smallest absolute Gasteiger partial charge is 0.410 e. The minimum atomic E-state index is -1.17. The lowest BCUT2D eigenvalue weighted by Gasteiger charge is -2.33. The van der Waals surface area contributed by atoms with E-state index in [9.17, 15) is 29.1 Å². The van der Waals surface area contributed by atoms with Crippen LogP contribution in [0.1, 0.15) is 112 Å². The van der Waals surface area contributed by atoms with Crippen LogP contribution in [-0.4, -0.2) is 105 Å². The molecule has 0 aliphatic heterocycles. The van der Waals surface area contributed by atoms with Gasteiger partial charge in [-0.15, -0.1) is 6.58 Å². The lowest BCUT2D eigenvalue weighted by Crippen LogP contribution is -2.58. The summed E-state index contributed by atoms with van der Waals surface area (Å²) in [5, 5.41) is 23.0. The molecule has 6 N–H and O–H groups in total. The van der Waals surface area contributed by atoms with E-state index in [2.05, 4.69) is 51.7 Å². The second kappa shape index (κ2) is 23.8. The average Bonchev–Trinajstić information content (AvgIpc) is 3.68. The molecule has 0 unspecified atom stereocenters. The molecule has 1 fully saturated rings. The third-order valence-corrected chi connectivity index (χ3v) is 10.4. The Hall–Kier alpha value is -4.92. The Balaban J connectivity index is 1.86. The van der Waals surface area contributed by atoms with Gasteiger partial charge in [-0.2, -0.15) is 0 Å². The minimum Gasteiger partial charge on any atom is -0.444 e. The van der Waals surface area contributed by atoms with E-state index in [1.807, 2.05) is 36.4 Å². The van der Waals surface area contributed by atoms with Gasteiger partial charge in [0.2, 0.25) is 17.7 Å². The summed E-state index contributed by atoms with van der Waals surface area (Å²) < 4.78 is 10.9. The highest BCUT2D eigenvalue weighted by Gasteiger charge is 2.34. The van der Waals surface area contributed by atoms with Gasteiger partial charge in [-0.3, -0.25) is 19.3 Å². The van der Waals surface area contributed by atoms with E-state index in [0.717, 1.165) is 36.1 Å². The van der Waals surface area contributed by atoms with Crippen molar-refractivity contribution in [2.45, 2.75) is 149 Å². The standard InChI is InChI=1S/C45H71N7O8/c1-10-33(30(2)3)25-38(53)35(23-31-17-13-11-14-18-31)50-41(56)37(26-34-27-46-29-48-34)51-40(55)36(24-32-19-15-12-16-20-32)49-39(54)28-52(43(58)60-45(7,8)9)22-21-47-42(57)59-44(4,5)6/h10,12,15-16,19-20,27,29-31,33,35-38,53H,1,11,13-14,17-18,21-26,28H2,2-9H3,(H,46,48)(H,47,57)(H,49,54)(H,50,56)(H,51,55)/t33-,35-,36-,37-,38-/m0/s1. The average molecular weight is 838 g/mol. The number of allylic oxidation sites excluding steroid dienone is 1. The van der Waals surface area contributed by atoms with E-state index < -0.39 is 71.9 Å². The molecule has 5 amide bonds. The van der Waals surface area contributed by atoms with Crippen molar-refractivity contribution in [1.29, 1.82) is 0 Å². The Morgan fingerprint density at radius 1 is 0.917 bits per heavy atom. The number of rotatable bonds is 21. The van der Waals surface area contributed by atoms with Gasteiger partial charge in [-0.1, -0.05) is 82.4 Å². The van der Waals surface area contributed by atoms with Gasteiger partial charge in [-0.05, 0) is 77.7 Å². The zero-order valence-electron chi connectivity index (χ0n) is 37.1. The van der Waals surface area contributed by atoms with Crippen molar-refractivity contribution in [1.82, 2.24) is 36.1 Å². The maximum absolute atomic E-state index is 14.3. The van der Waals surface area contributed by atoms with Gasteiger partial charge in [0.1, 0.15) is 29.8 Å². The summed E-state index contributed by atoms with van der Waals surface area (Å²) in [5.74, 6) is -1.13. The lowest BCUT2D eigenvalue weighted by atomic mass is 9.81. The van der Waals surface area contributed by atoms with Crippen molar-refractivity contribution in [3.63, 3.8) is 0 Å². The highest BCUT2D eigenvalue weighted by atomic mass is 16.6. The number of nitrogens with one attached hydrogen (secondary N) is 5. The Labute approximate surface area is 356 Å². The fourth-order valence-corrected chi connectivity index (χ4v) is 7.20. The first-order valence-corrected chi connectivity index (χ1v) is 21.4. The minimum absolute atomic E-state index is 0.0398. The second-order valence-electron chi connectivity index (χ2n) is 18.3. The number of H-pyrrole nitrogens is 1. The van der Waals surface area contributed by atoms with E-state index in [0.29, 0.717) is 24.5 Å². The Kier molecular flexibility index (Phi) is 19.6. The van der Waals surface area contributed by atoms with Crippen LogP contribution < -0.4 is 21.3 Å². The number of aliphatic hydroxyl groups excluding tert-OH is 1. The summed E-state index contributed by atoms with van der Waals surface area (Å²) in [6.45, 7) is 17.8. The molecule has 15 heteroatoms. The van der Waals surface area contributed by atoms with Crippen LogP contribution in [0.3, 0.4) is 0 Å². The van der Waals surface area contributed by atoms with Gasteiger partial charge < -0.3 is 40.8 Å². The Bertz CT molecular complexity index is 1650. The molecule has 1 aromatic heterocycles. The van der Waals surface area contributed by atoms with Crippen molar-refractivity contribution in [2.24, 2.45) is 17.8 Å². The molecular weight excluding hydrogens is 767 g/mol. The van der Waals surface area contributed by atoms with E-state index in [1.54, 1.807) is 47.7 Å². The molecule has 1 aromatic carbocycles. The van der Waals surface area contributed by atoms with Gasteiger partial charge in [0, 0.05) is 37.8 Å². The van der Waals surface area contributed by atoms with Crippen LogP contribution in [0.5, 0.6) is 0 Å². The van der Waals surface area contributed by atoms with Gasteiger partial charge >= 0.3 is 12.2 Å². The van der Waals surface area contributed by atoms with E-state index in [1.165, 1.54) is 12.7 Å². The maximum atomic E-state index is 14.3. The summed E-state index contributed by atoms with van der Waals surface area (Å²) in [4.78, 5) is 76.3. The van der Waals surface area contributed by atoms with E-state index >= 15 is 0 Å². The number of aliphatic hydroxyl groups is 1. The SMILES string of the molecule is C=C[C@@H](C[C@H](O)[C@H](CC1CCCCC1)NC(=O)[C@H](Cc1cnc[nH]1)NC(=O)[C@H](Cc1ccccc1)NC(=O)CN(CCNC(=O)OC(C)(C)C)C(=O)OC(C)(C)C)C(C)C. The number of amides is 5. The molecule has 60 heavy (non-hydrogen) atoms. The van der Waals surface area contributed by atoms with E-state index in [4.69, 9.17) is 9.47 Å². The van der Waals surface area contributed by atoms with Crippen LogP contribution in [0.4, 0.5) is 9.59 Å². The molecule has 5 atom stereocenters. The fourth-order valence-electron chi connectivity index (χ4n) is 7.20. The molecule has 15 nitrogen and oxygen atoms in total. The predicted molar refractivity (Wildman–Crippen MR) is 231 cm³/mol. The van der Waals surface area contributed by atoms with Crippen molar-refractivity contribution < 1.29 is 38.6 Å². The van der Waals surface area contributed by atoms with Crippen LogP contribution in [0.15, 0.2) is 55.5 Å². The molecule has 1 aliphatic rings. The summed E-state index contributed by atoms with van der Waals surface area (Å²) in [5.41, 5.74) is -0.266. The number of aromatic amines is 1. The first kappa shape index (κ1) is 49.4. The topological polar surface area (TPSA) is 204 Å². The number of hydrogen-bond acceptors (Lipinski definition) is 9. The van der Waals surface area contributed by atoms with Gasteiger partial charge in [0.25, 0.3) is 0 Å². The van der Waals surface area contributed by atoms with Crippen molar-refractivity contribution in [3.05, 3.63) is 66.8 Å². The number of nitrogens with zero attached hydrogens (tertiary/aromatic N) is 2. The first-order chi connectivity index (χ1) is 28.2. The van der Waals surface area contributed by atoms with Crippen molar-refractivity contribution in [3.8, 4) is 0 Å². The molecule has 0 bridgehead atoms. The molecule has 3 rings (SSSR count). The first-order valence-electron chi connectivity index (χ1n) is 21.4. The van der Waals surface area contributed by atoms with Crippen LogP contribution in [0, 0.1) is 17.8 Å². The van der Waals surface area contributed by atoms with Crippen LogP contribution >= 0.6 is 0 Å². The highest BCUT2D eigenvalue weighted by Crippen LogP contribution is 2.30. The van der Waals surface area contributed by atoms with E-state index in [-0.39, 0.29) is 37.8 Å². The van der Waals surface area contributed by atoms with Crippen molar-refractivity contribution >= 4 is 29.9 Å². The zero-order chi connectivity index (χ0) is 44.5. The number of carbonyl (C=O) groups excluding carboxylic acids is 5. The molecule has 1 heterocycles. The fraction of sp³-hybridized carbons (Fsp3) is 0.644. The molecule has 0 radical (unpaired) electrons. The largest absolute Gasteiger partial charge is 0.444 e. The number of alkyl carbamates (subject to hydrolysis) is 1. The van der Waals surface area contributed by atoms with Crippen LogP contribution in [-0.2, 0) is 36.7 Å². The normalized spacial score (nSPS) is 16.0. The number of imidazole rings is 1. The summed E-state index contributed by atoms with van der Waals surface area (Å²) in [6, 6.07) is 6.27. The Morgan fingerprint density at radius 3 is 2.13 bits per heavy atom. The number of hydrogen-bond donors (Lipinski definition) is 6. The van der Waals surface area contributed by atoms with Gasteiger partial charge in [0.15, 0.2) is 0 Å². The van der Waals surface area contributed by atoms with Crippen LogP contribution in [0.2, 0.25) is 0 Å². The number of carbonyl (C=O) groups is 5. The molecular formula is C45H71N7O8. The second-order valence-corrected chi connectivity index (χ2v) is 18.3. The number of aromatic nitrogens is 2. The summed E-state index contributed by atoms with van der Waals surface area (Å²) in [6.07, 6.45) is 9.19. The third-order valence-electron chi connectivity index (χ3n) is 10.4. The molecule has 1 saturated carbocycles. The molecule has 2 aromatic rings. The maximum Gasteiger partial charge on any atom is 0.410 e. The Morgan fingerprint density at radius 2 is 1.55 bits per heavy atom. The zero-order valence-corrected chi connectivity index (χ0v) is 37.1. The highest BCUT2D eigenvalue weighted by molar-refractivity contribution is 5.93.